The number of carbonyl (C=O) groups excluding carboxylic acids is 1. The van der Waals surface area contributed by atoms with E-state index in [4.69, 9.17) is 0 Å². The Morgan fingerprint density at radius 2 is 1.35 bits per heavy atom. The molecule has 0 amide bonds. The Kier molecular flexibility index (Phi) is 11.5. The molecule has 3 rings (SSSR count). The Balaban J connectivity index is 0.000000469. The summed E-state index contributed by atoms with van der Waals surface area (Å²) in [6.07, 6.45) is 1.67. The molecule has 0 aliphatic rings. The molecule has 3 aromatic rings. The van der Waals surface area contributed by atoms with Gasteiger partial charge in [-0.1, -0.05) is 63.1 Å². The molecule has 0 aliphatic carbocycles. The standard InChI is InChI=1S/C13H11O.C10H15.2Fe/c14-13(12-8-4-5-9-12)10-11-6-2-1-3-7-11;1-10(2,3)8-9-6-4-5-7-9;;/h1-9H,10H2;4-7H,8H2,1-3H3;;/q2*-1;;+2. The third-order valence-corrected chi connectivity index (χ3v) is 3.66. The van der Waals surface area contributed by atoms with Gasteiger partial charge in [-0.05, 0) is 11.0 Å². The number of Topliss-reactive ketones (excluding diaryl/α,β-unsaturated/α-hetero) is 1. The van der Waals surface area contributed by atoms with Gasteiger partial charge in [0.1, 0.15) is 5.78 Å². The summed E-state index contributed by atoms with van der Waals surface area (Å²) in [5.74, 6) is 0.182. The Morgan fingerprint density at radius 1 is 0.846 bits per heavy atom. The largest absolute Gasteiger partial charge is 2.00 e. The van der Waals surface area contributed by atoms with Gasteiger partial charge >= 0.3 is 17.1 Å². The zero-order valence-corrected chi connectivity index (χ0v) is 17.7. The van der Waals surface area contributed by atoms with Crippen molar-refractivity contribution in [1.82, 2.24) is 0 Å². The van der Waals surface area contributed by atoms with E-state index in [9.17, 15) is 4.79 Å². The van der Waals surface area contributed by atoms with Crippen LogP contribution in [0.3, 0.4) is 0 Å². The molecule has 0 fully saturated rings. The van der Waals surface area contributed by atoms with Crippen LogP contribution in [0.1, 0.15) is 42.3 Å². The van der Waals surface area contributed by atoms with Gasteiger partial charge in [-0.2, -0.15) is 29.8 Å². The summed E-state index contributed by atoms with van der Waals surface area (Å²) in [5, 5.41) is 0. The second-order valence-electron chi connectivity index (χ2n) is 7.29. The summed E-state index contributed by atoms with van der Waals surface area (Å²) in [6.45, 7) is 6.79. The first-order chi connectivity index (χ1) is 11.4. The van der Waals surface area contributed by atoms with Gasteiger partial charge < -0.3 is 4.79 Å². The van der Waals surface area contributed by atoms with E-state index in [1.165, 1.54) is 12.0 Å². The molecular weight excluding hydrogens is 404 g/mol. The molecule has 1 nitrogen and oxygen atoms in total. The van der Waals surface area contributed by atoms with E-state index in [1.807, 2.05) is 54.6 Å². The Hall–Kier alpha value is -1.37. The molecule has 140 valence electrons. The van der Waals surface area contributed by atoms with Crippen LogP contribution in [0.5, 0.6) is 0 Å². The van der Waals surface area contributed by atoms with Crippen LogP contribution in [0.2, 0.25) is 0 Å². The minimum absolute atomic E-state index is 0. The molecule has 0 atom stereocenters. The van der Waals surface area contributed by atoms with Crippen LogP contribution in [0.4, 0.5) is 0 Å². The van der Waals surface area contributed by atoms with Crippen molar-refractivity contribution in [1.29, 1.82) is 0 Å². The first-order valence-corrected chi connectivity index (χ1v) is 8.43. The third-order valence-electron chi connectivity index (χ3n) is 3.66. The van der Waals surface area contributed by atoms with Crippen molar-refractivity contribution >= 4 is 5.78 Å². The molecule has 3 aromatic carbocycles. The average Bonchev–Trinajstić information content (AvgIpc) is 3.20. The molecule has 0 aromatic heterocycles. The van der Waals surface area contributed by atoms with E-state index in [2.05, 4.69) is 45.0 Å². The summed E-state index contributed by atoms with van der Waals surface area (Å²) in [4.78, 5) is 11.7. The summed E-state index contributed by atoms with van der Waals surface area (Å²) in [5.41, 5.74) is 3.74. The molecule has 0 saturated heterocycles. The second kappa shape index (κ2) is 12.1. The monoisotopic (exact) mass is 430 g/mol. The fourth-order valence-electron chi connectivity index (χ4n) is 2.59. The summed E-state index contributed by atoms with van der Waals surface area (Å²) in [7, 11) is 0. The Bertz CT molecular complexity index is 705. The molecule has 0 saturated carbocycles. The van der Waals surface area contributed by atoms with Gasteiger partial charge in [-0.3, -0.25) is 0 Å². The first-order valence-electron chi connectivity index (χ1n) is 8.43. The average molecular weight is 430 g/mol. The van der Waals surface area contributed by atoms with Gasteiger partial charge in [0.05, 0.1) is 0 Å². The SMILES string of the molecule is CC(C)(C)C[c-]1cccc1.O=C(Cc1ccccc1)[c-]1cccc1.[Fe+2].[Fe]. The maximum Gasteiger partial charge on any atom is 2.00 e. The van der Waals surface area contributed by atoms with E-state index >= 15 is 0 Å². The third kappa shape index (κ3) is 9.36. The van der Waals surface area contributed by atoms with Crippen LogP contribution < -0.4 is 0 Å². The first kappa shape index (κ1) is 24.6. The topological polar surface area (TPSA) is 17.1 Å². The van der Waals surface area contributed by atoms with Crippen LogP contribution in [0.25, 0.3) is 0 Å². The van der Waals surface area contributed by atoms with Crippen LogP contribution in [-0.2, 0) is 47.0 Å². The van der Waals surface area contributed by atoms with Crippen molar-refractivity contribution in [2.24, 2.45) is 5.41 Å². The van der Waals surface area contributed by atoms with Gasteiger partial charge in [-0.25, -0.2) is 24.3 Å². The predicted molar refractivity (Wildman–Crippen MR) is 102 cm³/mol. The minimum Gasteiger partial charge on any atom is -0.308 e. The molecule has 0 unspecified atom stereocenters. The number of hydrogen-bond donors (Lipinski definition) is 0. The number of hydrogen-bond acceptors (Lipinski definition) is 1. The van der Waals surface area contributed by atoms with Crippen molar-refractivity contribution < 1.29 is 38.9 Å². The van der Waals surface area contributed by atoms with Crippen molar-refractivity contribution in [3.63, 3.8) is 0 Å². The number of benzene rings is 1. The van der Waals surface area contributed by atoms with Gasteiger partial charge in [0, 0.05) is 23.5 Å². The van der Waals surface area contributed by atoms with Gasteiger partial charge in [0.25, 0.3) is 0 Å². The van der Waals surface area contributed by atoms with Crippen molar-refractivity contribution in [2.45, 2.75) is 33.6 Å². The summed E-state index contributed by atoms with van der Waals surface area (Å²) < 4.78 is 0. The van der Waals surface area contributed by atoms with Crippen molar-refractivity contribution in [3.05, 3.63) is 95.6 Å². The smallest absolute Gasteiger partial charge is 0.308 e. The van der Waals surface area contributed by atoms with Crippen LogP contribution >= 0.6 is 0 Å². The maximum atomic E-state index is 11.7. The molecule has 0 heterocycles. The van der Waals surface area contributed by atoms with Crippen molar-refractivity contribution in [2.75, 3.05) is 0 Å². The second-order valence-corrected chi connectivity index (χ2v) is 7.29. The van der Waals surface area contributed by atoms with Crippen LogP contribution in [0, 0.1) is 5.41 Å². The maximum absolute atomic E-state index is 11.7. The fourth-order valence-corrected chi connectivity index (χ4v) is 2.59. The van der Waals surface area contributed by atoms with Crippen LogP contribution in [-0.4, -0.2) is 5.78 Å². The molecule has 0 N–H and O–H groups in total. The zero-order chi connectivity index (χ0) is 17.4. The minimum atomic E-state index is 0. The number of carbonyl (C=O) groups is 1. The van der Waals surface area contributed by atoms with E-state index in [0.29, 0.717) is 11.8 Å². The van der Waals surface area contributed by atoms with Crippen LogP contribution in [0.15, 0.2) is 78.9 Å². The number of ketones is 1. The Morgan fingerprint density at radius 3 is 1.85 bits per heavy atom. The molecule has 26 heavy (non-hydrogen) atoms. The van der Waals surface area contributed by atoms with E-state index in [1.54, 1.807) is 0 Å². The molecule has 0 radical (unpaired) electrons. The van der Waals surface area contributed by atoms with E-state index in [-0.39, 0.29) is 39.9 Å². The number of rotatable bonds is 4. The molecule has 0 aliphatic heterocycles. The summed E-state index contributed by atoms with van der Waals surface area (Å²) in [6, 6.07) is 25.9. The van der Waals surface area contributed by atoms with Gasteiger partial charge in [0.15, 0.2) is 0 Å². The fraction of sp³-hybridized carbons (Fsp3) is 0.261. The predicted octanol–water partition coefficient (Wildman–Crippen LogP) is 5.82. The zero-order valence-electron chi connectivity index (χ0n) is 15.5. The van der Waals surface area contributed by atoms with Gasteiger partial charge in [0.2, 0.25) is 0 Å². The molecule has 0 spiro atoms. The molecule has 3 heteroatoms. The van der Waals surface area contributed by atoms with E-state index in [0.717, 1.165) is 11.1 Å². The quantitative estimate of drug-likeness (QED) is 0.290. The Labute approximate surface area is 178 Å². The normalized spacial score (nSPS) is 9.96. The summed E-state index contributed by atoms with van der Waals surface area (Å²) >= 11 is 0. The molecule has 0 bridgehead atoms. The molecular formula is C23H26Fe2O. The van der Waals surface area contributed by atoms with E-state index < -0.39 is 0 Å². The van der Waals surface area contributed by atoms with Crippen molar-refractivity contribution in [3.8, 4) is 0 Å². The van der Waals surface area contributed by atoms with Gasteiger partial charge in [-0.15, -0.1) is 0 Å².